The number of ether oxygens (including phenoxy) is 1. The first kappa shape index (κ1) is 15.0. The molecule has 0 atom stereocenters. The maximum absolute atomic E-state index is 12.9. The van der Waals surface area contributed by atoms with E-state index in [9.17, 15) is 18.4 Å². The van der Waals surface area contributed by atoms with E-state index in [1.54, 1.807) is 0 Å². The van der Waals surface area contributed by atoms with Gasteiger partial charge in [-0.1, -0.05) is 0 Å². The van der Waals surface area contributed by atoms with Crippen molar-refractivity contribution in [3.05, 3.63) is 35.4 Å². The van der Waals surface area contributed by atoms with E-state index < -0.39 is 23.4 Å². The van der Waals surface area contributed by atoms with E-state index in [0.717, 1.165) is 18.2 Å². The molecule has 0 aliphatic heterocycles. The monoisotopic (exact) mass is 272 g/mol. The molecule has 0 bridgehead atoms. The molecule has 0 spiro atoms. The van der Waals surface area contributed by atoms with Crippen molar-refractivity contribution in [3.63, 3.8) is 0 Å². The molecule has 19 heavy (non-hydrogen) atoms. The van der Waals surface area contributed by atoms with Crippen molar-refractivity contribution < 1.29 is 23.1 Å². The predicted octanol–water partition coefficient (Wildman–Crippen LogP) is 0.457. The maximum Gasteiger partial charge on any atom is 0.251 e. The summed E-state index contributed by atoms with van der Waals surface area (Å²) >= 11 is 0. The van der Waals surface area contributed by atoms with Gasteiger partial charge in [-0.05, 0) is 18.2 Å². The fourth-order valence-electron chi connectivity index (χ4n) is 1.26. The van der Waals surface area contributed by atoms with Gasteiger partial charge in [0.2, 0.25) is 5.91 Å². The second-order valence-corrected chi connectivity index (χ2v) is 3.65. The van der Waals surface area contributed by atoms with Gasteiger partial charge in [-0.2, -0.15) is 0 Å². The van der Waals surface area contributed by atoms with Gasteiger partial charge in [0.25, 0.3) is 5.91 Å². The smallest absolute Gasteiger partial charge is 0.251 e. The van der Waals surface area contributed by atoms with Crippen LogP contribution >= 0.6 is 0 Å². The molecule has 0 aliphatic rings. The van der Waals surface area contributed by atoms with Crippen LogP contribution in [0, 0.1) is 11.6 Å². The van der Waals surface area contributed by atoms with Crippen LogP contribution in [0.3, 0.4) is 0 Å². The molecule has 0 heterocycles. The minimum Gasteiger partial charge on any atom is -0.383 e. The number of hydrogen-bond donors (Lipinski definition) is 2. The number of hydrogen-bond acceptors (Lipinski definition) is 3. The fourth-order valence-corrected chi connectivity index (χ4v) is 1.26. The number of methoxy groups -OCH3 is 1. The Labute approximate surface area is 108 Å². The summed E-state index contributed by atoms with van der Waals surface area (Å²) in [6.45, 7) is 0.445. The number of nitrogens with one attached hydrogen (secondary N) is 2. The van der Waals surface area contributed by atoms with Crippen LogP contribution in [0.5, 0.6) is 0 Å². The van der Waals surface area contributed by atoms with Crippen molar-refractivity contribution in [1.29, 1.82) is 0 Å². The second-order valence-electron chi connectivity index (χ2n) is 3.65. The zero-order valence-electron chi connectivity index (χ0n) is 10.3. The molecule has 0 saturated carbocycles. The van der Waals surface area contributed by atoms with E-state index in [1.807, 2.05) is 0 Å². The molecule has 2 amide bonds. The van der Waals surface area contributed by atoms with E-state index in [-0.39, 0.29) is 12.1 Å². The van der Waals surface area contributed by atoms with Crippen LogP contribution in [0.2, 0.25) is 0 Å². The second kappa shape index (κ2) is 7.42. The Kier molecular flexibility index (Phi) is 5.87. The van der Waals surface area contributed by atoms with Crippen molar-refractivity contribution in [3.8, 4) is 0 Å². The summed E-state index contributed by atoms with van der Waals surface area (Å²) < 4.78 is 30.3. The Balaban J connectivity index is 2.42. The summed E-state index contributed by atoms with van der Waals surface area (Å²) in [7, 11) is 1.50. The van der Waals surface area contributed by atoms with Crippen molar-refractivity contribution in [2.45, 2.75) is 0 Å². The highest BCUT2D eigenvalue weighted by Gasteiger charge is 2.10. The Bertz CT molecular complexity index is 466. The minimum absolute atomic E-state index is 0.0522. The summed E-state index contributed by atoms with van der Waals surface area (Å²) in [4.78, 5) is 22.8. The van der Waals surface area contributed by atoms with Gasteiger partial charge in [-0.3, -0.25) is 9.59 Å². The number of rotatable bonds is 6. The van der Waals surface area contributed by atoms with Crippen LogP contribution < -0.4 is 10.6 Å². The van der Waals surface area contributed by atoms with E-state index >= 15 is 0 Å². The van der Waals surface area contributed by atoms with Gasteiger partial charge >= 0.3 is 0 Å². The molecule has 0 saturated heterocycles. The van der Waals surface area contributed by atoms with Gasteiger partial charge < -0.3 is 15.4 Å². The topological polar surface area (TPSA) is 67.4 Å². The fraction of sp³-hybridized carbons (Fsp3) is 0.333. The third kappa shape index (κ3) is 5.01. The lowest BCUT2D eigenvalue weighted by Crippen LogP contribution is -2.38. The Morgan fingerprint density at radius 1 is 1.21 bits per heavy atom. The summed E-state index contributed by atoms with van der Waals surface area (Å²) in [5, 5.41) is 4.79. The molecule has 0 aromatic heterocycles. The molecule has 0 radical (unpaired) electrons. The Morgan fingerprint density at radius 3 is 2.58 bits per heavy atom. The van der Waals surface area contributed by atoms with Crippen LogP contribution in [-0.4, -0.2) is 38.6 Å². The van der Waals surface area contributed by atoms with Crippen molar-refractivity contribution in [2.75, 3.05) is 26.8 Å². The molecule has 2 N–H and O–H groups in total. The summed E-state index contributed by atoms with van der Waals surface area (Å²) in [6, 6.07) is 2.76. The highest BCUT2D eigenvalue weighted by Crippen LogP contribution is 2.08. The molecule has 0 aliphatic carbocycles. The predicted molar refractivity (Wildman–Crippen MR) is 63.6 cm³/mol. The van der Waals surface area contributed by atoms with E-state index in [4.69, 9.17) is 4.74 Å². The van der Waals surface area contributed by atoms with E-state index in [0.29, 0.717) is 13.2 Å². The SMILES string of the molecule is COCCNC(=O)CNC(=O)c1ccc(F)c(F)c1. The van der Waals surface area contributed by atoms with E-state index in [2.05, 4.69) is 10.6 Å². The summed E-state index contributed by atoms with van der Waals surface area (Å²) in [5.41, 5.74) is -0.0522. The average molecular weight is 272 g/mol. The van der Waals surface area contributed by atoms with Crippen LogP contribution in [0.15, 0.2) is 18.2 Å². The normalized spacial score (nSPS) is 10.1. The summed E-state index contributed by atoms with van der Waals surface area (Å²) in [6.07, 6.45) is 0. The van der Waals surface area contributed by atoms with Gasteiger partial charge in [-0.25, -0.2) is 8.78 Å². The molecular weight excluding hydrogens is 258 g/mol. The third-order valence-electron chi connectivity index (χ3n) is 2.22. The first-order valence-corrected chi connectivity index (χ1v) is 5.53. The van der Waals surface area contributed by atoms with E-state index in [1.165, 1.54) is 7.11 Å². The Hall–Kier alpha value is -2.02. The quantitative estimate of drug-likeness (QED) is 0.739. The molecule has 5 nitrogen and oxygen atoms in total. The maximum atomic E-state index is 12.9. The average Bonchev–Trinajstić information content (AvgIpc) is 2.39. The van der Waals surface area contributed by atoms with Gasteiger partial charge in [0.15, 0.2) is 11.6 Å². The lowest BCUT2D eigenvalue weighted by atomic mass is 10.2. The highest BCUT2D eigenvalue weighted by molar-refractivity contribution is 5.96. The number of amides is 2. The van der Waals surface area contributed by atoms with Gasteiger partial charge in [-0.15, -0.1) is 0 Å². The highest BCUT2D eigenvalue weighted by atomic mass is 19.2. The third-order valence-corrected chi connectivity index (χ3v) is 2.22. The molecule has 1 rings (SSSR count). The van der Waals surface area contributed by atoms with Crippen LogP contribution in [0.4, 0.5) is 8.78 Å². The lowest BCUT2D eigenvalue weighted by Gasteiger charge is -2.06. The molecular formula is C12H14F2N2O3. The Morgan fingerprint density at radius 2 is 1.95 bits per heavy atom. The standard InChI is InChI=1S/C12H14F2N2O3/c1-19-5-4-15-11(17)7-16-12(18)8-2-3-9(13)10(14)6-8/h2-3,6H,4-5,7H2,1H3,(H,15,17)(H,16,18). The first-order valence-electron chi connectivity index (χ1n) is 5.53. The molecule has 0 fully saturated rings. The molecule has 104 valence electrons. The zero-order valence-corrected chi connectivity index (χ0v) is 10.3. The van der Waals surface area contributed by atoms with Crippen molar-refractivity contribution >= 4 is 11.8 Å². The largest absolute Gasteiger partial charge is 0.383 e. The van der Waals surface area contributed by atoms with Crippen LogP contribution in [0.1, 0.15) is 10.4 Å². The minimum atomic E-state index is -1.11. The van der Waals surface area contributed by atoms with Crippen molar-refractivity contribution in [2.24, 2.45) is 0 Å². The first-order chi connectivity index (χ1) is 9.04. The van der Waals surface area contributed by atoms with Crippen molar-refractivity contribution in [1.82, 2.24) is 10.6 Å². The number of carbonyl (C=O) groups is 2. The number of halogens is 2. The van der Waals surface area contributed by atoms with Crippen LogP contribution in [0.25, 0.3) is 0 Å². The number of carbonyl (C=O) groups excluding carboxylic acids is 2. The zero-order chi connectivity index (χ0) is 14.3. The lowest BCUT2D eigenvalue weighted by molar-refractivity contribution is -0.120. The molecule has 1 aromatic rings. The molecule has 1 aromatic carbocycles. The van der Waals surface area contributed by atoms with Gasteiger partial charge in [0.05, 0.1) is 13.2 Å². The molecule has 0 unspecified atom stereocenters. The van der Waals surface area contributed by atoms with Gasteiger partial charge in [0, 0.05) is 19.2 Å². The van der Waals surface area contributed by atoms with Crippen LogP contribution in [-0.2, 0) is 9.53 Å². The van der Waals surface area contributed by atoms with Gasteiger partial charge in [0.1, 0.15) is 0 Å². The summed E-state index contributed by atoms with van der Waals surface area (Å²) in [5.74, 6) is -3.19. The molecule has 7 heteroatoms. The number of benzene rings is 1.